The monoisotopic (exact) mass is 282 g/mol. The van der Waals surface area contributed by atoms with Crippen molar-refractivity contribution in [3.8, 4) is 0 Å². The van der Waals surface area contributed by atoms with Gasteiger partial charge in [-0.05, 0) is 17.5 Å². The fourth-order valence-corrected chi connectivity index (χ4v) is 1.83. The van der Waals surface area contributed by atoms with Crippen LogP contribution in [0, 0.1) is 0 Å². The van der Waals surface area contributed by atoms with Gasteiger partial charge >= 0.3 is 0 Å². The Bertz CT molecular complexity index is 474. The number of benzene rings is 2. The zero-order valence-electron chi connectivity index (χ0n) is 12.5. The van der Waals surface area contributed by atoms with Crippen LogP contribution in [0.5, 0.6) is 0 Å². The molecule has 2 rings (SSSR count). The third kappa shape index (κ3) is 7.83. The summed E-state index contributed by atoms with van der Waals surface area (Å²) in [5.41, 5.74) is 2.17. The first-order valence-corrected chi connectivity index (χ1v) is 7.29. The summed E-state index contributed by atoms with van der Waals surface area (Å²) < 4.78 is 0. The quantitative estimate of drug-likeness (QED) is 0.750. The molecule has 2 aromatic rings. The Morgan fingerprint density at radius 1 is 0.857 bits per heavy atom. The Balaban J connectivity index is 0.000000383. The van der Waals surface area contributed by atoms with Crippen molar-refractivity contribution in [1.29, 1.82) is 0 Å². The van der Waals surface area contributed by atoms with E-state index >= 15 is 0 Å². The van der Waals surface area contributed by atoms with Crippen molar-refractivity contribution in [2.45, 2.75) is 32.6 Å². The van der Waals surface area contributed by atoms with E-state index in [1.54, 1.807) is 0 Å². The number of hydrogen-bond acceptors (Lipinski definition) is 2. The molecule has 0 aliphatic carbocycles. The first-order valence-electron chi connectivity index (χ1n) is 7.29. The summed E-state index contributed by atoms with van der Waals surface area (Å²) in [6.07, 6.45) is 3.66. The Morgan fingerprint density at radius 3 is 1.57 bits per heavy atom. The van der Waals surface area contributed by atoms with Gasteiger partial charge in [-0.25, -0.2) is 0 Å². The summed E-state index contributed by atoms with van der Waals surface area (Å²) in [7, 11) is 0. The van der Waals surface area contributed by atoms with E-state index in [4.69, 9.17) is 0 Å². The van der Waals surface area contributed by atoms with Crippen LogP contribution < -0.4 is 0 Å². The first kappa shape index (κ1) is 16.8. The molecule has 0 atom stereocenters. The molecule has 0 N–H and O–H groups in total. The zero-order valence-corrected chi connectivity index (χ0v) is 12.5. The number of unbranched alkanes of at least 4 members (excludes halogenated alkanes) is 1. The molecule has 0 aliphatic rings. The molecular weight excluding hydrogens is 260 g/mol. The van der Waals surface area contributed by atoms with Gasteiger partial charge in [0.15, 0.2) is 0 Å². The fraction of sp³-hybridized carbons (Fsp3) is 0.263. The Morgan fingerprint density at radius 2 is 1.29 bits per heavy atom. The second kappa shape index (κ2) is 10.6. The zero-order chi connectivity index (χ0) is 15.3. The van der Waals surface area contributed by atoms with Crippen molar-refractivity contribution >= 4 is 12.1 Å². The highest BCUT2D eigenvalue weighted by molar-refractivity contribution is 5.83. The van der Waals surface area contributed by atoms with E-state index in [2.05, 4.69) is 0 Å². The van der Waals surface area contributed by atoms with E-state index in [0.717, 1.165) is 23.8 Å². The summed E-state index contributed by atoms with van der Waals surface area (Å²) in [5.74, 6) is 0.261. The molecule has 0 saturated carbocycles. The highest BCUT2D eigenvalue weighted by atomic mass is 16.1. The smallest absolute Gasteiger partial charge is 0.141 e. The van der Waals surface area contributed by atoms with Crippen molar-refractivity contribution < 1.29 is 9.59 Å². The van der Waals surface area contributed by atoms with Crippen LogP contribution in [0.3, 0.4) is 0 Å². The van der Waals surface area contributed by atoms with Crippen LogP contribution in [-0.2, 0) is 22.4 Å². The number of ketones is 1. The van der Waals surface area contributed by atoms with Crippen LogP contribution in [0.25, 0.3) is 0 Å². The minimum Gasteiger partial charge on any atom is -0.303 e. The van der Waals surface area contributed by atoms with Gasteiger partial charge in [0.25, 0.3) is 0 Å². The Hall–Kier alpha value is -2.22. The number of aldehydes is 1. The summed E-state index contributed by atoms with van der Waals surface area (Å²) in [6, 6.07) is 19.7. The van der Waals surface area contributed by atoms with E-state index in [1.165, 1.54) is 0 Å². The average molecular weight is 282 g/mol. The fourth-order valence-electron chi connectivity index (χ4n) is 1.83. The third-order valence-electron chi connectivity index (χ3n) is 2.89. The standard InChI is InChI=1S/C15H14O.C4H8O/c16-15(11-13-7-3-1-4-8-13)12-14-9-5-2-6-10-14;1-2-3-4-5/h1-10H,11-12H2;4H,2-3H2,1H3. The maximum absolute atomic E-state index is 11.8. The van der Waals surface area contributed by atoms with Gasteiger partial charge < -0.3 is 4.79 Å². The van der Waals surface area contributed by atoms with Crippen LogP contribution in [0.1, 0.15) is 30.9 Å². The Labute approximate surface area is 126 Å². The molecule has 0 heterocycles. The molecule has 110 valence electrons. The molecule has 2 nitrogen and oxygen atoms in total. The topological polar surface area (TPSA) is 34.1 Å². The lowest BCUT2D eigenvalue weighted by Crippen LogP contribution is -2.06. The molecule has 0 saturated heterocycles. The molecule has 2 aromatic carbocycles. The highest BCUT2D eigenvalue weighted by Gasteiger charge is 2.04. The van der Waals surface area contributed by atoms with Crippen LogP contribution in [0.15, 0.2) is 60.7 Å². The van der Waals surface area contributed by atoms with E-state index in [9.17, 15) is 9.59 Å². The number of rotatable bonds is 6. The highest BCUT2D eigenvalue weighted by Crippen LogP contribution is 2.05. The van der Waals surface area contributed by atoms with Crippen LogP contribution in [-0.4, -0.2) is 12.1 Å². The van der Waals surface area contributed by atoms with Gasteiger partial charge in [-0.3, -0.25) is 4.79 Å². The van der Waals surface area contributed by atoms with E-state index < -0.39 is 0 Å². The number of carbonyl (C=O) groups is 2. The normalized spacial score (nSPS) is 9.38. The molecule has 0 radical (unpaired) electrons. The minimum absolute atomic E-state index is 0.261. The van der Waals surface area contributed by atoms with Gasteiger partial charge in [0.05, 0.1) is 0 Å². The first-order chi connectivity index (χ1) is 10.3. The van der Waals surface area contributed by atoms with E-state index in [0.29, 0.717) is 19.3 Å². The number of carbonyl (C=O) groups excluding carboxylic acids is 2. The summed E-state index contributed by atoms with van der Waals surface area (Å²) in [6.45, 7) is 1.98. The minimum atomic E-state index is 0.261. The van der Waals surface area contributed by atoms with Crippen LogP contribution in [0.2, 0.25) is 0 Å². The van der Waals surface area contributed by atoms with Crippen molar-refractivity contribution in [2.75, 3.05) is 0 Å². The lowest BCUT2D eigenvalue weighted by Gasteiger charge is -2.01. The van der Waals surface area contributed by atoms with Crippen molar-refractivity contribution in [3.05, 3.63) is 71.8 Å². The van der Waals surface area contributed by atoms with Crippen molar-refractivity contribution in [1.82, 2.24) is 0 Å². The predicted octanol–water partition coefficient (Wildman–Crippen LogP) is 4.03. The van der Waals surface area contributed by atoms with Crippen LogP contribution in [0.4, 0.5) is 0 Å². The van der Waals surface area contributed by atoms with Crippen LogP contribution >= 0.6 is 0 Å². The molecular formula is C19H22O2. The lowest BCUT2D eigenvalue weighted by atomic mass is 10.0. The molecule has 21 heavy (non-hydrogen) atoms. The lowest BCUT2D eigenvalue weighted by molar-refractivity contribution is -0.117. The third-order valence-corrected chi connectivity index (χ3v) is 2.89. The molecule has 0 spiro atoms. The van der Waals surface area contributed by atoms with E-state index in [-0.39, 0.29) is 5.78 Å². The van der Waals surface area contributed by atoms with E-state index in [1.807, 2.05) is 67.6 Å². The van der Waals surface area contributed by atoms with Gasteiger partial charge in [-0.15, -0.1) is 0 Å². The van der Waals surface area contributed by atoms with Crippen molar-refractivity contribution in [2.24, 2.45) is 0 Å². The SMILES string of the molecule is CCCC=O.O=C(Cc1ccccc1)Cc1ccccc1. The molecule has 0 amide bonds. The maximum Gasteiger partial charge on any atom is 0.141 e. The molecule has 0 bridgehead atoms. The number of hydrogen-bond donors (Lipinski definition) is 0. The largest absolute Gasteiger partial charge is 0.303 e. The van der Waals surface area contributed by atoms with Gasteiger partial charge in [-0.1, -0.05) is 67.6 Å². The molecule has 0 fully saturated rings. The average Bonchev–Trinajstić information content (AvgIpc) is 2.50. The molecule has 0 aliphatic heterocycles. The second-order valence-electron chi connectivity index (χ2n) is 4.82. The summed E-state index contributed by atoms with van der Waals surface area (Å²) >= 11 is 0. The number of Topliss-reactive ketones (excluding diaryl/α,β-unsaturated/α-hetero) is 1. The molecule has 0 unspecified atom stereocenters. The predicted molar refractivity (Wildman–Crippen MR) is 86.3 cm³/mol. The van der Waals surface area contributed by atoms with Gasteiger partial charge in [0.1, 0.15) is 12.1 Å². The second-order valence-corrected chi connectivity index (χ2v) is 4.82. The Kier molecular flexibility index (Phi) is 8.46. The van der Waals surface area contributed by atoms with Crippen molar-refractivity contribution in [3.63, 3.8) is 0 Å². The molecule has 0 aromatic heterocycles. The van der Waals surface area contributed by atoms with Gasteiger partial charge in [0, 0.05) is 19.3 Å². The summed E-state index contributed by atoms with van der Waals surface area (Å²) in [4.78, 5) is 21.2. The van der Waals surface area contributed by atoms with Gasteiger partial charge in [0.2, 0.25) is 0 Å². The molecule has 2 heteroatoms. The van der Waals surface area contributed by atoms with Gasteiger partial charge in [-0.2, -0.15) is 0 Å². The maximum atomic E-state index is 11.8. The summed E-state index contributed by atoms with van der Waals surface area (Å²) in [5, 5.41) is 0.